The Kier molecular flexibility index (Phi) is 6.28. The van der Waals surface area contributed by atoms with Gasteiger partial charge in [0, 0.05) is 29.3 Å². The van der Waals surface area contributed by atoms with Crippen LogP contribution in [0.5, 0.6) is 0 Å². The van der Waals surface area contributed by atoms with Crippen LogP contribution in [-0.4, -0.2) is 24.4 Å². The smallest absolute Gasteiger partial charge is 0.222 e. The SMILES string of the molecule is CN(Cc1cc(C#CCN)cs1)C(=O)CC1CCCCC1. The fourth-order valence-electron chi connectivity index (χ4n) is 2.80. The lowest BCUT2D eigenvalue weighted by molar-refractivity contribution is -0.131. The van der Waals surface area contributed by atoms with Crippen molar-refractivity contribution in [3.05, 3.63) is 21.9 Å². The summed E-state index contributed by atoms with van der Waals surface area (Å²) < 4.78 is 0. The summed E-state index contributed by atoms with van der Waals surface area (Å²) in [7, 11) is 1.90. The second kappa shape index (κ2) is 8.21. The Hall–Kier alpha value is -1.31. The molecular weight excluding hydrogens is 280 g/mol. The summed E-state index contributed by atoms with van der Waals surface area (Å²) in [5.74, 6) is 6.75. The first-order valence-corrected chi connectivity index (χ1v) is 8.57. The van der Waals surface area contributed by atoms with Crippen molar-refractivity contribution in [3.63, 3.8) is 0 Å². The molecule has 4 heteroatoms. The van der Waals surface area contributed by atoms with Gasteiger partial charge in [-0.1, -0.05) is 31.1 Å². The Bertz CT molecular complexity index is 520. The molecule has 0 spiro atoms. The van der Waals surface area contributed by atoms with E-state index in [-0.39, 0.29) is 5.91 Å². The molecule has 3 nitrogen and oxygen atoms in total. The molecule has 2 rings (SSSR count). The van der Waals surface area contributed by atoms with E-state index in [4.69, 9.17) is 5.73 Å². The molecule has 1 aliphatic rings. The van der Waals surface area contributed by atoms with Crippen molar-refractivity contribution < 1.29 is 4.79 Å². The molecule has 1 amide bonds. The molecular formula is C17H24N2OS. The van der Waals surface area contributed by atoms with Gasteiger partial charge in [-0.3, -0.25) is 4.79 Å². The maximum absolute atomic E-state index is 12.3. The summed E-state index contributed by atoms with van der Waals surface area (Å²) in [6.07, 6.45) is 7.06. The molecule has 1 aliphatic carbocycles. The highest BCUT2D eigenvalue weighted by molar-refractivity contribution is 7.10. The van der Waals surface area contributed by atoms with Crippen molar-refractivity contribution in [3.8, 4) is 11.8 Å². The molecule has 0 atom stereocenters. The van der Waals surface area contributed by atoms with Crippen molar-refractivity contribution in [2.75, 3.05) is 13.6 Å². The van der Waals surface area contributed by atoms with Crippen LogP contribution in [0.2, 0.25) is 0 Å². The Morgan fingerprint density at radius 2 is 2.19 bits per heavy atom. The van der Waals surface area contributed by atoms with E-state index in [2.05, 4.69) is 17.9 Å². The molecule has 0 aliphatic heterocycles. The minimum atomic E-state index is 0.268. The van der Waals surface area contributed by atoms with Gasteiger partial charge < -0.3 is 10.6 Å². The zero-order valence-electron chi connectivity index (χ0n) is 12.7. The number of thiophene rings is 1. The molecule has 1 saturated carbocycles. The quantitative estimate of drug-likeness (QED) is 0.869. The number of nitrogens with two attached hydrogens (primary N) is 1. The summed E-state index contributed by atoms with van der Waals surface area (Å²) in [5.41, 5.74) is 6.36. The number of amides is 1. The predicted molar refractivity (Wildman–Crippen MR) is 87.9 cm³/mol. The highest BCUT2D eigenvalue weighted by Crippen LogP contribution is 2.27. The average Bonchev–Trinajstić information content (AvgIpc) is 2.93. The van der Waals surface area contributed by atoms with Gasteiger partial charge in [-0.25, -0.2) is 0 Å². The van der Waals surface area contributed by atoms with Crippen LogP contribution < -0.4 is 5.73 Å². The van der Waals surface area contributed by atoms with Gasteiger partial charge in [-0.05, 0) is 24.8 Å². The van der Waals surface area contributed by atoms with Gasteiger partial charge in [-0.15, -0.1) is 11.3 Å². The van der Waals surface area contributed by atoms with Crippen LogP contribution in [0.4, 0.5) is 0 Å². The minimum absolute atomic E-state index is 0.268. The topological polar surface area (TPSA) is 46.3 Å². The van der Waals surface area contributed by atoms with E-state index in [0.717, 1.165) is 5.56 Å². The zero-order valence-corrected chi connectivity index (χ0v) is 13.5. The van der Waals surface area contributed by atoms with E-state index in [1.807, 2.05) is 17.3 Å². The largest absolute Gasteiger partial charge is 0.341 e. The van der Waals surface area contributed by atoms with Crippen LogP contribution in [0.1, 0.15) is 49.0 Å². The van der Waals surface area contributed by atoms with Crippen molar-refractivity contribution >= 4 is 17.2 Å². The molecule has 0 aromatic carbocycles. The maximum atomic E-state index is 12.3. The van der Waals surface area contributed by atoms with Gasteiger partial charge >= 0.3 is 0 Å². The Labute approximate surface area is 131 Å². The first-order valence-electron chi connectivity index (χ1n) is 7.69. The lowest BCUT2D eigenvalue weighted by atomic mass is 9.87. The Morgan fingerprint density at radius 3 is 2.90 bits per heavy atom. The Morgan fingerprint density at radius 1 is 1.43 bits per heavy atom. The fourth-order valence-corrected chi connectivity index (χ4v) is 3.67. The molecule has 1 heterocycles. The van der Waals surface area contributed by atoms with E-state index in [0.29, 0.717) is 25.4 Å². The molecule has 1 fully saturated rings. The highest BCUT2D eigenvalue weighted by atomic mass is 32.1. The standard InChI is InChI=1S/C17H24N2OS/c1-19(17(20)11-14-6-3-2-4-7-14)12-16-10-15(13-21-16)8-5-9-18/h10,13-14H,2-4,6-7,9,11-12,18H2,1H3. The average molecular weight is 304 g/mol. The van der Waals surface area contributed by atoms with Crippen LogP contribution in [0.3, 0.4) is 0 Å². The van der Waals surface area contributed by atoms with E-state index in [1.54, 1.807) is 11.3 Å². The molecule has 0 radical (unpaired) electrons. The number of hydrogen-bond acceptors (Lipinski definition) is 3. The first-order chi connectivity index (χ1) is 10.2. The van der Waals surface area contributed by atoms with Gasteiger partial charge in [0.1, 0.15) is 0 Å². The molecule has 114 valence electrons. The third kappa shape index (κ3) is 5.18. The monoisotopic (exact) mass is 304 g/mol. The van der Waals surface area contributed by atoms with Crippen LogP contribution in [0, 0.1) is 17.8 Å². The molecule has 1 aromatic heterocycles. The summed E-state index contributed by atoms with van der Waals surface area (Å²) >= 11 is 1.65. The van der Waals surface area contributed by atoms with Crippen molar-refractivity contribution in [2.45, 2.75) is 45.1 Å². The molecule has 21 heavy (non-hydrogen) atoms. The second-order valence-corrected chi connectivity index (χ2v) is 6.76. The molecule has 0 bridgehead atoms. The van der Waals surface area contributed by atoms with E-state index >= 15 is 0 Å². The third-order valence-corrected chi connectivity index (χ3v) is 4.92. The van der Waals surface area contributed by atoms with E-state index in [1.165, 1.54) is 37.0 Å². The predicted octanol–water partition coefficient (Wildman–Crippen LogP) is 2.99. The molecule has 0 unspecified atom stereocenters. The van der Waals surface area contributed by atoms with Crippen LogP contribution in [0.15, 0.2) is 11.4 Å². The lowest BCUT2D eigenvalue weighted by Gasteiger charge is -2.24. The number of carbonyl (C=O) groups excluding carboxylic acids is 1. The van der Waals surface area contributed by atoms with Gasteiger partial charge in [0.2, 0.25) is 5.91 Å². The first kappa shape index (κ1) is 16.1. The molecule has 2 N–H and O–H groups in total. The Balaban J connectivity index is 1.83. The number of rotatable bonds is 4. The van der Waals surface area contributed by atoms with Crippen LogP contribution in [0.25, 0.3) is 0 Å². The van der Waals surface area contributed by atoms with Gasteiger partial charge in [0.25, 0.3) is 0 Å². The maximum Gasteiger partial charge on any atom is 0.222 e. The van der Waals surface area contributed by atoms with E-state index < -0.39 is 0 Å². The second-order valence-electron chi connectivity index (χ2n) is 5.77. The molecule has 1 aromatic rings. The molecule has 0 saturated heterocycles. The van der Waals surface area contributed by atoms with Crippen molar-refractivity contribution in [1.82, 2.24) is 4.90 Å². The normalized spacial score (nSPS) is 15.3. The summed E-state index contributed by atoms with van der Waals surface area (Å²) in [6.45, 7) is 1.06. The summed E-state index contributed by atoms with van der Waals surface area (Å²) in [5, 5.41) is 2.03. The van der Waals surface area contributed by atoms with Crippen LogP contribution in [-0.2, 0) is 11.3 Å². The van der Waals surface area contributed by atoms with Gasteiger partial charge in [0.05, 0.1) is 13.1 Å². The number of hydrogen-bond donors (Lipinski definition) is 1. The van der Waals surface area contributed by atoms with Crippen LogP contribution >= 0.6 is 11.3 Å². The van der Waals surface area contributed by atoms with Gasteiger partial charge in [-0.2, -0.15) is 0 Å². The summed E-state index contributed by atoms with van der Waals surface area (Å²) in [6, 6.07) is 2.05. The number of nitrogens with zero attached hydrogens (tertiary/aromatic N) is 1. The number of carbonyl (C=O) groups is 1. The summed E-state index contributed by atoms with van der Waals surface area (Å²) in [4.78, 5) is 15.3. The van der Waals surface area contributed by atoms with E-state index in [9.17, 15) is 4.79 Å². The highest BCUT2D eigenvalue weighted by Gasteiger charge is 2.19. The van der Waals surface area contributed by atoms with Crippen molar-refractivity contribution in [1.29, 1.82) is 0 Å². The third-order valence-electron chi connectivity index (χ3n) is 4.00. The van der Waals surface area contributed by atoms with Gasteiger partial charge in [0.15, 0.2) is 0 Å². The van der Waals surface area contributed by atoms with Crippen molar-refractivity contribution in [2.24, 2.45) is 11.7 Å². The minimum Gasteiger partial charge on any atom is -0.341 e. The zero-order chi connectivity index (χ0) is 15.1. The lowest BCUT2D eigenvalue weighted by Crippen LogP contribution is -2.28. The fraction of sp³-hybridized carbons (Fsp3) is 0.588.